The van der Waals surface area contributed by atoms with Crippen molar-refractivity contribution in [2.24, 2.45) is 0 Å². The molecule has 70 valence electrons. The maximum atomic E-state index is 9.81. The molecule has 0 aliphatic heterocycles. The zero-order chi connectivity index (χ0) is 9.45. The van der Waals surface area contributed by atoms with Crippen LogP contribution in [0.5, 0.6) is 0 Å². The second kappa shape index (κ2) is 6.05. The van der Waals surface area contributed by atoms with Gasteiger partial charge in [-0.3, -0.25) is 0 Å². The predicted molar refractivity (Wildman–Crippen MR) is 51.9 cm³/mol. The first kappa shape index (κ1) is 11.5. The van der Waals surface area contributed by atoms with Crippen LogP contribution in [-0.2, 0) is 0 Å². The van der Waals surface area contributed by atoms with Crippen LogP contribution in [0.25, 0.3) is 0 Å². The van der Waals surface area contributed by atoms with Gasteiger partial charge in [0.1, 0.15) is 0 Å². The molecule has 0 unspecified atom stereocenters. The molecule has 0 heterocycles. The number of nitrogens with one attached hydrogen (secondary N) is 1. The van der Waals surface area contributed by atoms with E-state index < -0.39 is 5.60 Å². The average Bonchev–Trinajstić information content (AvgIpc) is 2.12. The molecule has 0 aliphatic rings. The van der Waals surface area contributed by atoms with Crippen LogP contribution in [0, 0.1) is 12.3 Å². The van der Waals surface area contributed by atoms with Crippen molar-refractivity contribution in [3.05, 3.63) is 0 Å². The molecule has 0 aromatic heterocycles. The summed E-state index contributed by atoms with van der Waals surface area (Å²) in [6.45, 7) is 5.42. The summed E-state index contributed by atoms with van der Waals surface area (Å²) in [6.07, 6.45) is 7.39. The van der Waals surface area contributed by atoms with E-state index in [9.17, 15) is 5.11 Å². The van der Waals surface area contributed by atoms with Crippen molar-refractivity contribution in [3.8, 4) is 12.3 Å². The molecule has 0 saturated carbocycles. The highest BCUT2D eigenvalue weighted by molar-refractivity contribution is 4.85. The van der Waals surface area contributed by atoms with Gasteiger partial charge in [-0.05, 0) is 12.8 Å². The van der Waals surface area contributed by atoms with Crippen molar-refractivity contribution in [2.75, 3.05) is 13.1 Å². The van der Waals surface area contributed by atoms with Gasteiger partial charge in [-0.15, -0.1) is 12.3 Å². The summed E-state index contributed by atoms with van der Waals surface area (Å²) >= 11 is 0. The molecule has 0 saturated heterocycles. The van der Waals surface area contributed by atoms with E-state index in [-0.39, 0.29) is 0 Å². The number of terminal acetylenes is 1. The highest BCUT2D eigenvalue weighted by atomic mass is 16.3. The summed E-state index contributed by atoms with van der Waals surface area (Å²) in [6, 6.07) is 0. The number of aliphatic hydroxyl groups is 1. The van der Waals surface area contributed by atoms with Crippen LogP contribution in [0.2, 0.25) is 0 Å². The van der Waals surface area contributed by atoms with Gasteiger partial charge in [0.15, 0.2) is 0 Å². The average molecular weight is 169 g/mol. The lowest BCUT2D eigenvalue weighted by molar-refractivity contribution is 0.0329. The Balaban J connectivity index is 3.53. The molecule has 0 spiro atoms. The minimum absolute atomic E-state index is 0.547. The second-order valence-electron chi connectivity index (χ2n) is 3.06. The van der Waals surface area contributed by atoms with Crippen molar-refractivity contribution in [1.29, 1.82) is 0 Å². The molecule has 0 aliphatic carbocycles. The lowest BCUT2D eigenvalue weighted by Gasteiger charge is -2.25. The summed E-state index contributed by atoms with van der Waals surface area (Å²) in [7, 11) is 0. The van der Waals surface area contributed by atoms with E-state index in [0.29, 0.717) is 6.54 Å². The van der Waals surface area contributed by atoms with Crippen molar-refractivity contribution >= 4 is 0 Å². The van der Waals surface area contributed by atoms with Gasteiger partial charge in [0, 0.05) is 19.5 Å². The molecule has 0 amide bonds. The van der Waals surface area contributed by atoms with Crippen LogP contribution in [0.3, 0.4) is 0 Å². The molecule has 0 atom stereocenters. The maximum Gasteiger partial charge on any atom is 0.0766 e. The molecule has 0 fully saturated rings. The summed E-state index contributed by atoms with van der Waals surface area (Å²) in [5.74, 6) is 2.55. The van der Waals surface area contributed by atoms with Gasteiger partial charge in [0.2, 0.25) is 0 Å². The topological polar surface area (TPSA) is 32.3 Å². The Hall–Kier alpha value is -0.520. The third kappa shape index (κ3) is 4.38. The third-order valence-corrected chi connectivity index (χ3v) is 2.22. The van der Waals surface area contributed by atoms with E-state index >= 15 is 0 Å². The van der Waals surface area contributed by atoms with Gasteiger partial charge >= 0.3 is 0 Å². The highest BCUT2D eigenvalue weighted by Gasteiger charge is 2.20. The normalized spacial score (nSPS) is 11.2. The van der Waals surface area contributed by atoms with Crippen LogP contribution < -0.4 is 5.32 Å². The van der Waals surface area contributed by atoms with Gasteiger partial charge in [-0.1, -0.05) is 13.8 Å². The van der Waals surface area contributed by atoms with Gasteiger partial charge in [0.05, 0.1) is 5.60 Å². The molecule has 2 heteroatoms. The van der Waals surface area contributed by atoms with E-state index in [1.165, 1.54) is 0 Å². The first-order valence-electron chi connectivity index (χ1n) is 4.55. The van der Waals surface area contributed by atoms with E-state index in [0.717, 1.165) is 25.8 Å². The molecule has 12 heavy (non-hydrogen) atoms. The minimum atomic E-state index is -0.547. The van der Waals surface area contributed by atoms with E-state index in [1.807, 2.05) is 13.8 Å². The highest BCUT2D eigenvalue weighted by Crippen LogP contribution is 2.12. The van der Waals surface area contributed by atoms with Crippen LogP contribution in [0.1, 0.15) is 33.1 Å². The third-order valence-electron chi connectivity index (χ3n) is 2.22. The monoisotopic (exact) mass is 169 g/mol. The molecule has 2 N–H and O–H groups in total. The number of hydrogen-bond donors (Lipinski definition) is 2. The molecule has 0 aromatic carbocycles. The van der Waals surface area contributed by atoms with Crippen molar-refractivity contribution < 1.29 is 5.11 Å². The summed E-state index contributed by atoms with van der Waals surface area (Å²) in [5, 5.41) is 13.0. The van der Waals surface area contributed by atoms with Crippen molar-refractivity contribution in [2.45, 2.75) is 38.7 Å². The molecular formula is C10H19NO. The molecule has 2 nitrogen and oxygen atoms in total. The van der Waals surface area contributed by atoms with Crippen LogP contribution in [0.4, 0.5) is 0 Å². The summed E-state index contributed by atoms with van der Waals surface area (Å²) in [5.41, 5.74) is -0.547. The fourth-order valence-electron chi connectivity index (χ4n) is 0.982. The quantitative estimate of drug-likeness (QED) is 0.462. The smallest absolute Gasteiger partial charge is 0.0766 e. The lowest BCUT2D eigenvalue weighted by Crippen LogP contribution is -2.39. The van der Waals surface area contributed by atoms with Crippen LogP contribution in [0.15, 0.2) is 0 Å². The maximum absolute atomic E-state index is 9.81. The fourth-order valence-corrected chi connectivity index (χ4v) is 0.982. The molecule has 0 bridgehead atoms. The van der Waals surface area contributed by atoms with Gasteiger partial charge in [-0.2, -0.15) is 0 Å². The second-order valence-corrected chi connectivity index (χ2v) is 3.06. The number of hydrogen-bond acceptors (Lipinski definition) is 2. The van der Waals surface area contributed by atoms with E-state index in [1.54, 1.807) is 0 Å². The van der Waals surface area contributed by atoms with Crippen LogP contribution in [-0.4, -0.2) is 23.8 Å². The Morgan fingerprint density at radius 2 is 2.00 bits per heavy atom. The van der Waals surface area contributed by atoms with Crippen LogP contribution >= 0.6 is 0 Å². The fraction of sp³-hybridized carbons (Fsp3) is 0.800. The Morgan fingerprint density at radius 1 is 1.42 bits per heavy atom. The Labute approximate surface area is 75.4 Å². The molecule has 0 rings (SSSR count). The van der Waals surface area contributed by atoms with Gasteiger partial charge in [0.25, 0.3) is 0 Å². The molecular weight excluding hydrogens is 150 g/mol. The van der Waals surface area contributed by atoms with Crippen molar-refractivity contribution in [1.82, 2.24) is 5.32 Å². The summed E-state index contributed by atoms with van der Waals surface area (Å²) < 4.78 is 0. The standard InChI is InChI=1S/C10H19NO/c1-4-7-8-11-9-10(12,5-2)6-3/h1,11-12H,5-9H2,2-3H3. The largest absolute Gasteiger partial charge is 0.389 e. The Bertz CT molecular complexity index is 144. The first-order chi connectivity index (χ1) is 5.68. The summed E-state index contributed by atoms with van der Waals surface area (Å²) in [4.78, 5) is 0. The zero-order valence-corrected chi connectivity index (χ0v) is 8.06. The predicted octanol–water partition coefficient (Wildman–Crippen LogP) is 1.15. The SMILES string of the molecule is C#CCCNCC(O)(CC)CC. The van der Waals surface area contributed by atoms with Crippen molar-refractivity contribution in [3.63, 3.8) is 0 Å². The molecule has 0 aromatic rings. The Kier molecular flexibility index (Phi) is 5.79. The minimum Gasteiger partial charge on any atom is -0.389 e. The number of rotatable bonds is 6. The first-order valence-corrected chi connectivity index (χ1v) is 4.55. The zero-order valence-electron chi connectivity index (χ0n) is 8.06. The van der Waals surface area contributed by atoms with E-state index in [4.69, 9.17) is 6.42 Å². The Morgan fingerprint density at radius 3 is 2.42 bits per heavy atom. The lowest BCUT2D eigenvalue weighted by atomic mass is 9.98. The van der Waals surface area contributed by atoms with Gasteiger partial charge < -0.3 is 10.4 Å². The van der Waals surface area contributed by atoms with Gasteiger partial charge in [-0.25, -0.2) is 0 Å². The molecule has 0 radical (unpaired) electrons. The van der Waals surface area contributed by atoms with E-state index in [2.05, 4.69) is 11.2 Å².